The van der Waals surface area contributed by atoms with Gasteiger partial charge in [0, 0.05) is 41.6 Å². The summed E-state index contributed by atoms with van der Waals surface area (Å²) in [4.78, 5) is 17.4. The van der Waals surface area contributed by atoms with E-state index in [-0.39, 0.29) is 0 Å². The fourth-order valence-electron chi connectivity index (χ4n) is 2.12. The minimum atomic E-state index is 0.719. The Hall–Kier alpha value is -2.56. The van der Waals surface area contributed by atoms with Crippen LogP contribution in [0, 0.1) is 13.8 Å². The molecule has 3 aromatic heterocycles. The second kappa shape index (κ2) is 4.85. The van der Waals surface area contributed by atoms with Crippen LogP contribution in [0.3, 0.4) is 0 Å². The summed E-state index contributed by atoms with van der Waals surface area (Å²) in [5.74, 6) is 0.729. The SMILES string of the molecule is CNc1cnc(C)c(-c2cnc3nc(C)ncc3c2)c1. The van der Waals surface area contributed by atoms with Crippen molar-refractivity contribution in [3.05, 3.63) is 42.2 Å². The topological polar surface area (TPSA) is 63.6 Å². The molecule has 0 aliphatic carbocycles. The molecule has 1 N–H and O–H groups in total. The molecule has 0 fully saturated rings. The fourth-order valence-corrected chi connectivity index (χ4v) is 2.12. The van der Waals surface area contributed by atoms with Crippen LogP contribution in [0.4, 0.5) is 5.69 Å². The van der Waals surface area contributed by atoms with E-state index in [1.54, 1.807) is 6.20 Å². The first-order chi connectivity index (χ1) is 9.67. The van der Waals surface area contributed by atoms with Crippen molar-refractivity contribution >= 4 is 16.7 Å². The predicted octanol–water partition coefficient (Wildman–Crippen LogP) is 2.75. The van der Waals surface area contributed by atoms with E-state index in [4.69, 9.17) is 0 Å². The van der Waals surface area contributed by atoms with E-state index in [0.717, 1.165) is 39.4 Å². The first-order valence-corrected chi connectivity index (χ1v) is 6.41. The van der Waals surface area contributed by atoms with E-state index >= 15 is 0 Å². The lowest BCUT2D eigenvalue weighted by atomic mass is 10.1. The Balaban J connectivity index is 2.17. The van der Waals surface area contributed by atoms with Gasteiger partial charge in [-0.15, -0.1) is 0 Å². The fraction of sp³-hybridized carbons (Fsp3) is 0.200. The molecule has 100 valence electrons. The first kappa shape index (κ1) is 12.5. The normalized spacial score (nSPS) is 10.8. The third kappa shape index (κ3) is 2.18. The molecule has 0 saturated carbocycles. The minimum absolute atomic E-state index is 0.719. The van der Waals surface area contributed by atoms with E-state index in [1.165, 1.54) is 0 Å². The Kier molecular flexibility index (Phi) is 3.02. The van der Waals surface area contributed by atoms with Gasteiger partial charge in [0.1, 0.15) is 5.82 Å². The van der Waals surface area contributed by atoms with Crippen LogP contribution in [0.25, 0.3) is 22.2 Å². The number of aryl methyl sites for hydroxylation is 2. The van der Waals surface area contributed by atoms with E-state index < -0.39 is 0 Å². The molecular formula is C15H15N5. The lowest BCUT2D eigenvalue weighted by Gasteiger charge is -2.08. The maximum Gasteiger partial charge on any atom is 0.162 e. The average molecular weight is 265 g/mol. The summed E-state index contributed by atoms with van der Waals surface area (Å²) in [7, 11) is 1.88. The highest BCUT2D eigenvalue weighted by Crippen LogP contribution is 2.26. The number of hydrogen-bond acceptors (Lipinski definition) is 5. The van der Waals surface area contributed by atoms with Gasteiger partial charge in [0.2, 0.25) is 0 Å². The van der Waals surface area contributed by atoms with Gasteiger partial charge in [0.25, 0.3) is 0 Å². The lowest BCUT2D eigenvalue weighted by Crippen LogP contribution is -1.95. The van der Waals surface area contributed by atoms with Gasteiger partial charge in [0.05, 0.1) is 11.9 Å². The number of hydrogen-bond donors (Lipinski definition) is 1. The number of nitrogens with zero attached hydrogens (tertiary/aromatic N) is 4. The molecule has 0 unspecified atom stereocenters. The Morgan fingerprint density at radius 1 is 0.950 bits per heavy atom. The molecule has 3 aromatic rings. The molecule has 0 aromatic carbocycles. The Morgan fingerprint density at radius 2 is 1.80 bits per heavy atom. The molecule has 5 nitrogen and oxygen atoms in total. The molecule has 20 heavy (non-hydrogen) atoms. The van der Waals surface area contributed by atoms with Gasteiger partial charge in [-0.3, -0.25) is 4.98 Å². The number of rotatable bonds is 2. The van der Waals surface area contributed by atoms with Crippen molar-refractivity contribution in [2.24, 2.45) is 0 Å². The van der Waals surface area contributed by atoms with Crippen LogP contribution in [-0.2, 0) is 0 Å². The Labute approximate surface area is 117 Å². The van der Waals surface area contributed by atoms with Gasteiger partial charge in [-0.25, -0.2) is 15.0 Å². The highest BCUT2D eigenvalue weighted by Gasteiger charge is 2.07. The predicted molar refractivity (Wildman–Crippen MR) is 79.6 cm³/mol. The second-order valence-corrected chi connectivity index (χ2v) is 4.66. The summed E-state index contributed by atoms with van der Waals surface area (Å²) in [6, 6.07) is 4.12. The largest absolute Gasteiger partial charge is 0.387 e. The third-order valence-corrected chi connectivity index (χ3v) is 3.24. The van der Waals surface area contributed by atoms with E-state index in [9.17, 15) is 0 Å². The summed E-state index contributed by atoms with van der Waals surface area (Å²) in [6.45, 7) is 3.85. The summed E-state index contributed by atoms with van der Waals surface area (Å²) < 4.78 is 0. The minimum Gasteiger partial charge on any atom is -0.387 e. The standard InChI is InChI=1S/C15H15N5/c1-9-14(5-13(16-3)8-17-9)11-4-12-7-18-10(2)20-15(12)19-6-11/h4-8,16H,1-3H3. The van der Waals surface area contributed by atoms with Gasteiger partial charge < -0.3 is 5.32 Å². The van der Waals surface area contributed by atoms with Crippen LogP contribution in [0.5, 0.6) is 0 Å². The van der Waals surface area contributed by atoms with E-state index in [2.05, 4.69) is 31.3 Å². The van der Waals surface area contributed by atoms with Crippen molar-refractivity contribution in [2.45, 2.75) is 13.8 Å². The molecule has 0 amide bonds. The summed E-state index contributed by atoms with van der Waals surface area (Å²) in [5.41, 5.74) is 4.75. The highest BCUT2D eigenvalue weighted by molar-refractivity contribution is 5.81. The molecule has 5 heteroatoms. The molecule has 0 spiro atoms. The molecule has 0 atom stereocenters. The number of aromatic nitrogens is 4. The first-order valence-electron chi connectivity index (χ1n) is 6.41. The average Bonchev–Trinajstić information content (AvgIpc) is 2.47. The van der Waals surface area contributed by atoms with Gasteiger partial charge in [-0.05, 0) is 26.0 Å². The van der Waals surface area contributed by atoms with Gasteiger partial charge in [0.15, 0.2) is 5.65 Å². The van der Waals surface area contributed by atoms with E-state index in [1.807, 2.05) is 39.4 Å². The lowest BCUT2D eigenvalue weighted by molar-refractivity contribution is 1.07. The van der Waals surface area contributed by atoms with Crippen LogP contribution >= 0.6 is 0 Å². The van der Waals surface area contributed by atoms with Crippen LogP contribution < -0.4 is 5.32 Å². The van der Waals surface area contributed by atoms with Gasteiger partial charge >= 0.3 is 0 Å². The summed E-state index contributed by atoms with van der Waals surface area (Å²) in [5, 5.41) is 4.03. The monoisotopic (exact) mass is 265 g/mol. The van der Waals surface area contributed by atoms with Crippen molar-refractivity contribution in [2.75, 3.05) is 12.4 Å². The van der Waals surface area contributed by atoms with Gasteiger partial charge in [-0.2, -0.15) is 0 Å². The molecule has 3 rings (SSSR count). The zero-order valence-electron chi connectivity index (χ0n) is 11.7. The molecule has 0 bridgehead atoms. The summed E-state index contributed by atoms with van der Waals surface area (Å²) >= 11 is 0. The number of fused-ring (bicyclic) bond motifs is 1. The Morgan fingerprint density at radius 3 is 2.60 bits per heavy atom. The number of pyridine rings is 2. The molecule has 0 saturated heterocycles. The maximum absolute atomic E-state index is 4.42. The van der Waals surface area contributed by atoms with Gasteiger partial charge in [-0.1, -0.05) is 0 Å². The second-order valence-electron chi connectivity index (χ2n) is 4.66. The highest BCUT2D eigenvalue weighted by atomic mass is 14.9. The van der Waals surface area contributed by atoms with Crippen molar-refractivity contribution in [3.63, 3.8) is 0 Å². The zero-order valence-corrected chi connectivity index (χ0v) is 11.7. The van der Waals surface area contributed by atoms with E-state index in [0.29, 0.717) is 0 Å². The summed E-state index contributed by atoms with van der Waals surface area (Å²) in [6.07, 6.45) is 5.46. The molecule has 0 radical (unpaired) electrons. The zero-order chi connectivity index (χ0) is 14.1. The van der Waals surface area contributed by atoms with Crippen LogP contribution in [0.15, 0.2) is 30.7 Å². The van der Waals surface area contributed by atoms with Crippen molar-refractivity contribution in [1.82, 2.24) is 19.9 Å². The van der Waals surface area contributed by atoms with Crippen LogP contribution in [0.2, 0.25) is 0 Å². The Bertz CT molecular complexity index is 782. The molecule has 0 aliphatic heterocycles. The third-order valence-electron chi connectivity index (χ3n) is 3.24. The smallest absolute Gasteiger partial charge is 0.162 e. The maximum atomic E-state index is 4.42. The number of nitrogens with one attached hydrogen (secondary N) is 1. The quantitative estimate of drug-likeness (QED) is 0.772. The van der Waals surface area contributed by atoms with Crippen LogP contribution in [0.1, 0.15) is 11.5 Å². The molecular weight excluding hydrogens is 250 g/mol. The van der Waals surface area contributed by atoms with Crippen LogP contribution in [-0.4, -0.2) is 27.0 Å². The number of anilines is 1. The molecule has 0 aliphatic rings. The van der Waals surface area contributed by atoms with Crippen molar-refractivity contribution in [1.29, 1.82) is 0 Å². The van der Waals surface area contributed by atoms with Crippen molar-refractivity contribution in [3.8, 4) is 11.1 Å². The van der Waals surface area contributed by atoms with Crippen molar-refractivity contribution < 1.29 is 0 Å². The molecule has 3 heterocycles.